The summed E-state index contributed by atoms with van der Waals surface area (Å²) in [5.74, 6) is 1.17. The van der Waals surface area contributed by atoms with E-state index < -0.39 is 0 Å². The summed E-state index contributed by atoms with van der Waals surface area (Å²) in [6, 6.07) is 8.38. The highest BCUT2D eigenvalue weighted by Crippen LogP contribution is 2.29. The highest BCUT2D eigenvalue weighted by molar-refractivity contribution is 7.22. The number of anilines is 1. The molecule has 1 fully saturated rings. The van der Waals surface area contributed by atoms with E-state index in [-0.39, 0.29) is 0 Å². The molecule has 0 spiro atoms. The van der Waals surface area contributed by atoms with E-state index >= 15 is 0 Å². The summed E-state index contributed by atoms with van der Waals surface area (Å²) in [6.07, 6.45) is 3.96. The molecule has 0 bridgehead atoms. The molecule has 5 nitrogen and oxygen atoms in total. The summed E-state index contributed by atoms with van der Waals surface area (Å²) in [5.41, 5.74) is 1.11. The largest absolute Gasteiger partial charge is 0.345 e. The van der Waals surface area contributed by atoms with Gasteiger partial charge in [-0.15, -0.1) is 0 Å². The fraction of sp³-hybridized carbons (Fsp3) is 0.412. The third-order valence-electron chi connectivity index (χ3n) is 4.43. The smallest absolute Gasteiger partial charge is 0.186 e. The van der Waals surface area contributed by atoms with Gasteiger partial charge in [0.05, 0.1) is 16.8 Å². The van der Waals surface area contributed by atoms with Gasteiger partial charge in [0.25, 0.3) is 0 Å². The second-order valence-corrected chi connectivity index (χ2v) is 6.87. The van der Waals surface area contributed by atoms with E-state index in [2.05, 4.69) is 56.7 Å². The van der Waals surface area contributed by atoms with Gasteiger partial charge in [-0.1, -0.05) is 23.5 Å². The number of rotatable bonds is 4. The van der Waals surface area contributed by atoms with Gasteiger partial charge in [0, 0.05) is 45.1 Å². The van der Waals surface area contributed by atoms with Crippen molar-refractivity contribution in [2.75, 3.05) is 31.1 Å². The van der Waals surface area contributed by atoms with E-state index in [1.54, 1.807) is 11.3 Å². The van der Waals surface area contributed by atoms with Crippen LogP contribution in [0.4, 0.5) is 5.13 Å². The number of para-hydroxylation sites is 1. The Morgan fingerprint density at radius 2 is 1.96 bits per heavy atom. The van der Waals surface area contributed by atoms with Crippen LogP contribution in [-0.2, 0) is 13.1 Å². The Kier molecular flexibility index (Phi) is 4.01. The van der Waals surface area contributed by atoms with Crippen LogP contribution in [0.1, 0.15) is 12.7 Å². The summed E-state index contributed by atoms with van der Waals surface area (Å²) in [4.78, 5) is 14.2. The third kappa shape index (κ3) is 2.96. The van der Waals surface area contributed by atoms with Gasteiger partial charge in [0.1, 0.15) is 5.82 Å². The second kappa shape index (κ2) is 6.29. The fourth-order valence-corrected chi connectivity index (χ4v) is 4.09. The lowest BCUT2D eigenvalue weighted by atomic mass is 10.3. The molecule has 3 heterocycles. The highest BCUT2D eigenvalue weighted by atomic mass is 32.1. The number of piperazine rings is 1. The molecular formula is C17H21N5S. The molecule has 4 rings (SSSR count). The van der Waals surface area contributed by atoms with Crippen LogP contribution in [0.15, 0.2) is 36.7 Å². The van der Waals surface area contributed by atoms with Crippen molar-refractivity contribution in [3.8, 4) is 0 Å². The van der Waals surface area contributed by atoms with Crippen molar-refractivity contribution in [1.82, 2.24) is 19.4 Å². The molecule has 1 aliphatic rings. The molecule has 0 radical (unpaired) electrons. The fourth-order valence-electron chi connectivity index (χ4n) is 3.07. The zero-order chi connectivity index (χ0) is 15.6. The molecule has 120 valence electrons. The van der Waals surface area contributed by atoms with Gasteiger partial charge in [0.2, 0.25) is 0 Å². The molecule has 1 aliphatic heterocycles. The van der Waals surface area contributed by atoms with Crippen LogP contribution in [0.2, 0.25) is 0 Å². The maximum absolute atomic E-state index is 4.77. The lowest BCUT2D eigenvalue weighted by Gasteiger charge is -2.34. The number of fused-ring (bicyclic) bond motifs is 1. The SMILES string of the molecule is CCn1ccnc1CN1CCN(c2nc3ccccc3s2)CC1. The average Bonchev–Trinajstić information content (AvgIpc) is 3.21. The lowest BCUT2D eigenvalue weighted by molar-refractivity contribution is 0.241. The Labute approximate surface area is 140 Å². The Hall–Kier alpha value is -1.92. The van der Waals surface area contributed by atoms with E-state index in [4.69, 9.17) is 4.98 Å². The molecular weight excluding hydrogens is 306 g/mol. The predicted octanol–water partition coefficient (Wildman–Crippen LogP) is 2.83. The number of benzene rings is 1. The first-order chi connectivity index (χ1) is 11.3. The average molecular weight is 327 g/mol. The van der Waals surface area contributed by atoms with Gasteiger partial charge in [0.15, 0.2) is 5.13 Å². The lowest BCUT2D eigenvalue weighted by Crippen LogP contribution is -2.46. The number of imidazole rings is 1. The predicted molar refractivity (Wildman–Crippen MR) is 95.0 cm³/mol. The van der Waals surface area contributed by atoms with Gasteiger partial charge in [-0.05, 0) is 19.1 Å². The molecule has 0 atom stereocenters. The Morgan fingerprint density at radius 1 is 1.13 bits per heavy atom. The number of hydrogen-bond acceptors (Lipinski definition) is 5. The zero-order valence-corrected chi connectivity index (χ0v) is 14.2. The van der Waals surface area contributed by atoms with E-state index in [1.807, 2.05) is 6.20 Å². The summed E-state index contributed by atoms with van der Waals surface area (Å²) < 4.78 is 3.50. The molecule has 0 aliphatic carbocycles. The molecule has 0 amide bonds. The van der Waals surface area contributed by atoms with Crippen molar-refractivity contribution < 1.29 is 0 Å². The maximum Gasteiger partial charge on any atom is 0.186 e. The summed E-state index contributed by atoms with van der Waals surface area (Å²) in [6.45, 7) is 8.28. The van der Waals surface area contributed by atoms with Crippen LogP contribution in [0.5, 0.6) is 0 Å². The Bertz CT molecular complexity index is 752. The van der Waals surface area contributed by atoms with Crippen molar-refractivity contribution in [2.24, 2.45) is 0 Å². The number of aromatic nitrogens is 3. The zero-order valence-electron chi connectivity index (χ0n) is 13.4. The van der Waals surface area contributed by atoms with Gasteiger partial charge in [-0.2, -0.15) is 0 Å². The Morgan fingerprint density at radius 3 is 2.74 bits per heavy atom. The number of nitrogens with zero attached hydrogens (tertiary/aromatic N) is 5. The van der Waals surface area contributed by atoms with Crippen LogP contribution < -0.4 is 4.90 Å². The van der Waals surface area contributed by atoms with Crippen LogP contribution in [0, 0.1) is 0 Å². The normalized spacial score (nSPS) is 16.3. The van der Waals surface area contributed by atoms with E-state index in [0.717, 1.165) is 49.9 Å². The first kappa shape index (κ1) is 14.7. The van der Waals surface area contributed by atoms with Crippen LogP contribution >= 0.6 is 11.3 Å². The van der Waals surface area contributed by atoms with Gasteiger partial charge in [-0.25, -0.2) is 9.97 Å². The van der Waals surface area contributed by atoms with Crippen LogP contribution in [0.3, 0.4) is 0 Å². The molecule has 6 heteroatoms. The third-order valence-corrected chi connectivity index (χ3v) is 5.53. The molecule has 1 aromatic carbocycles. The maximum atomic E-state index is 4.77. The summed E-state index contributed by atoms with van der Waals surface area (Å²) >= 11 is 1.80. The molecule has 3 aromatic rings. The minimum atomic E-state index is 0.939. The highest BCUT2D eigenvalue weighted by Gasteiger charge is 2.20. The van der Waals surface area contributed by atoms with Crippen LogP contribution in [0.25, 0.3) is 10.2 Å². The van der Waals surface area contributed by atoms with Gasteiger partial charge < -0.3 is 9.47 Å². The van der Waals surface area contributed by atoms with Crippen molar-refractivity contribution >= 4 is 26.7 Å². The Balaban J connectivity index is 1.40. The van der Waals surface area contributed by atoms with Crippen molar-refractivity contribution in [2.45, 2.75) is 20.0 Å². The molecule has 0 unspecified atom stereocenters. The molecule has 1 saturated heterocycles. The van der Waals surface area contributed by atoms with E-state index in [0.29, 0.717) is 0 Å². The topological polar surface area (TPSA) is 37.2 Å². The first-order valence-electron chi connectivity index (χ1n) is 8.16. The standard InChI is InChI=1S/C17H21N5S/c1-2-21-8-7-18-16(21)13-20-9-11-22(12-10-20)17-19-14-5-3-4-6-15(14)23-17/h3-8H,2,9-13H2,1H3. The number of hydrogen-bond donors (Lipinski definition) is 0. The van der Waals surface area contributed by atoms with Gasteiger partial charge >= 0.3 is 0 Å². The number of aryl methyl sites for hydroxylation is 1. The number of thiazole rings is 1. The minimum absolute atomic E-state index is 0.939. The molecule has 0 saturated carbocycles. The van der Waals surface area contributed by atoms with Gasteiger partial charge in [-0.3, -0.25) is 4.90 Å². The minimum Gasteiger partial charge on any atom is -0.345 e. The van der Waals surface area contributed by atoms with Crippen molar-refractivity contribution in [1.29, 1.82) is 0 Å². The molecule has 23 heavy (non-hydrogen) atoms. The van der Waals surface area contributed by atoms with Crippen LogP contribution in [-0.4, -0.2) is 45.6 Å². The molecule has 2 aromatic heterocycles. The first-order valence-corrected chi connectivity index (χ1v) is 8.98. The monoisotopic (exact) mass is 327 g/mol. The van der Waals surface area contributed by atoms with Crippen molar-refractivity contribution in [3.63, 3.8) is 0 Å². The van der Waals surface area contributed by atoms with E-state index in [1.165, 1.54) is 10.5 Å². The summed E-state index contributed by atoms with van der Waals surface area (Å²) in [5, 5.41) is 1.15. The summed E-state index contributed by atoms with van der Waals surface area (Å²) in [7, 11) is 0. The van der Waals surface area contributed by atoms with Crippen molar-refractivity contribution in [3.05, 3.63) is 42.5 Å². The second-order valence-electron chi connectivity index (χ2n) is 5.86. The van der Waals surface area contributed by atoms with E-state index in [9.17, 15) is 0 Å². The quantitative estimate of drug-likeness (QED) is 0.738. The molecule has 0 N–H and O–H groups in total.